The van der Waals surface area contributed by atoms with Gasteiger partial charge in [0.1, 0.15) is 0 Å². The van der Waals surface area contributed by atoms with Crippen LogP contribution >= 0.6 is 11.6 Å². The molecule has 18 heavy (non-hydrogen) atoms. The topological polar surface area (TPSA) is 26.0 Å². The zero-order valence-electron chi connectivity index (χ0n) is 11.2. The monoisotopic (exact) mass is 265 g/mol. The lowest BCUT2D eigenvalue weighted by Crippen LogP contribution is -2.25. The fraction of sp³-hybridized carbons (Fsp3) is 0.625. The molecule has 100 valence electrons. The van der Waals surface area contributed by atoms with E-state index in [4.69, 9.17) is 17.3 Å². The zero-order valence-corrected chi connectivity index (χ0v) is 12.0. The molecule has 1 saturated carbocycles. The van der Waals surface area contributed by atoms with Gasteiger partial charge in [0.25, 0.3) is 0 Å². The minimum Gasteiger partial charge on any atom is -0.330 e. The summed E-state index contributed by atoms with van der Waals surface area (Å²) in [6.07, 6.45) is 6.71. The molecule has 1 aromatic rings. The highest BCUT2D eigenvalue weighted by Crippen LogP contribution is 2.40. The average molecular weight is 266 g/mol. The van der Waals surface area contributed by atoms with Gasteiger partial charge in [0.05, 0.1) is 0 Å². The van der Waals surface area contributed by atoms with Crippen molar-refractivity contribution in [2.75, 3.05) is 6.54 Å². The molecule has 1 aliphatic rings. The molecule has 3 atom stereocenters. The molecule has 0 saturated heterocycles. The number of rotatable bonds is 3. The minimum absolute atomic E-state index is 0.615. The largest absolute Gasteiger partial charge is 0.330 e. The van der Waals surface area contributed by atoms with Gasteiger partial charge in [-0.1, -0.05) is 49.9 Å². The molecule has 1 fully saturated rings. The fourth-order valence-electron chi connectivity index (χ4n) is 3.32. The van der Waals surface area contributed by atoms with E-state index in [0.717, 1.165) is 17.5 Å². The van der Waals surface area contributed by atoms with Crippen molar-refractivity contribution in [2.45, 2.75) is 44.9 Å². The SMILES string of the molecule is CC(CN)C1CCCCCC1c1ccc(Cl)cc1. The van der Waals surface area contributed by atoms with Crippen molar-refractivity contribution in [1.82, 2.24) is 0 Å². The number of nitrogens with two attached hydrogens (primary N) is 1. The predicted octanol–water partition coefficient (Wildman–Crippen LogP) is 4.60. The van der Waals surface area contributed by atoms with Gasteiger partial charge in [0.15, 0.2) is 0 Å². The first-order valence-electron chi connectivity index (χ1n) is 7.18. The molecule has 0 aromatic heterocycles. The second-order valence-electron chi connectivity index (χ2n) is 5.67. The van der Waals surface area contributed by atoms with Crippen molar-refractivity contribution >= 4 is 11.6 Å². The highest BCUT2D eigenvalue weighted by atomic mass is 35.5. The van der Waals surface area contributed by atoms with Gasteiger partial charge < -0.3 is 5.73 Å². The minimum atomic E-state index is 0.615. The molecule has 1 aliphatic carbocycles. The van der Waals surface area contributed by atoms with Gasteiger partial charge in [0, 0.05) is 5.02 Å². The summed E-state index contributed by atoms with van der Waals surface area (Å²) in [5.41, 5.74) is 7.35. The van der Waals surface area contributed by atoms with E-state index in [9.17, 15) is 0 Å². The molecular weight excluding hydrogens is 242 g/mol. The van der Waals surface area contributed by atoms with E-state index < -0.39 is 0 Å². The molecule has 1 nitrogen and oxygen atoms in total. The third-order valence-electron chi connectivity index (χ3n) is 4.47. The molecule has 0 radical (unpaired) electrons. The molecule has 2 heteroatoms. The quantitative estimate of drug-likeness (QED) is 0.795. The van der Waals surface area contributed by atoms with Crippen molar-refractivity contribution in [3.8, 4) is 0 Å². The van der Waals surface area contributed by atoms with Gasteiger partial charge in [-0.2, -0.15) is 0 Å². The lowest BCUT2D eigenvalue weighted by atomic mass is 9.76. The van der Waals surface area contributed by atoms with E-state index in [2.05, 4.69) is 19.1 Å². The standard InChI is InChI=1S/C16H24ClN/c1-12(11-18)15-5-3-2-4-6-16(15)13-7-9-14(17)10-8-13/h7-10,12,15-16H,2-6,11,18H2,1H3. The Kier molecular flexibility index (Phi) is 5.08. The van der Waals surface area contributed by atoms with Crippen LogP contribution in [0.5, 0.6) is 0 Å². The highest BCUT2D eigenvalue weighted by Gasteiger charge is 2.28. The Morgan fingerprint density at radius 2 is 1.83 bits per heavy atom. The average Bonchev–Trinajstić information content (AvgIpc) is 2.64. The van der Waals surface area contributed by atoms with Crippen LogP contribution < -0.4 is 5.73 Å². The van der Waals surface area contributed by atoms with Crippen molar-refractivity contribution in [3.63, 3.8) is 0 Å². The summed E-state index contributed by atoms with van der Waals surface area (Å²) in [7, 11) is 0. The molecule has 0 heterocycles. The second kappa shape index (κ2) is 6.58. The molecule has 2 rings (SSSR count). The highest BCUT2D eigenvalue weighted by molar-refractivity contribution is 6.30. The van der Waals surface area contributed by atoms with E-state index in [1.54, 1.807) is 0 Å². The van der Waals surface area contributed by atoms with Gasteiger partial charge in [0.2, 0.25) is 0 Å². The van der Waals surface area contributed by atoms with Crippen LogP contribution in [0.2, 0.25) is 5.02 Å². The summed E-state index contributed by atoms with van der Waals surface area (Å²) >= 11 is 5.99. The van der Waals surface area contributed by atoms with Gasteiger partial charge in [-0.3, -0.25) is 0 Å². The lowest BCUT2D eigenvalue weighted by molar-refractivity contribution is 0.288. The molecule has 1 aromatic carbocycles. The summed E-state index contributed by atoms with van der Waals surface area (Å²) in [6, 6.07) is 8.45. The number of hydrogen-bond acceptors (Lipinski definition) is 1. The van der Waals surface area contributed by atoms with Crippen LogP contribution in [-0.4, -0.2) is 6.54 Å². The first kappa shape index (κ1) is 13.9. The number of benzene rings is 1. The Morgan fingerprint density at radius 3 is 2.50 bits per heavy atom. The van der Waals surface area contributed by atoms with Crippen LogP contribution in [0.4, 0.5) is 0 Å². The smallest absolute Gasteiger partial charge is 0.0406 e. The lowest BCUT2D eigenvalue weighted by Gasteiger charge is -2.30. The third-order valence-corrected chi connectivity index (χ3v) is 4.72. The van der Waals surface area contributed by atoms with Gasteiger partial charge in [-0.15, -0.1) is 0 Å². The molecule has 0 aliphatic heterocycles. The Balaban J connectivity index is 2.22. The number of hydrogen-bond donors (Lipinski definition) is 1. The molecule has 3 unspecified atom stereocenters. The zero-order chi connectivity index (χ0) is 13.0. The Morgan fingerprint density at radius 1 is 1.17 bits per heavy atom. The van der Waals surface area contributed by atoms with E-state index in [1.807, 2.05) is 12.1 Å². The molecule has 0 spiro atoms. The Hall–Kier alpha value is -0.530. The summed E-state index contributed by atoms with van der Waals surface area (Å²) in [5.74, 6) is 2.02. The summed E-state index contributed by atoms with van der Waals surface area (Å²) < 4.78 is 0. The first-order valence-corrected chi connectivity index (χ1v) is 7.55. The van der Waals surface area contributed by atoms with Crippen LogP contribution in [-0.2, 0) is 0 Å². The van der Waals surface area contributed by atoms with Crippen molar-refractivity contribution < 1.29 is 0 Å². The van der Waals surface area contributed by atoms with Crippen LogP contribution in [0.1, 0.15) is 50.5 Å². The molecular formula is C16H24ClN. The summed E-state index contributed by atoms with van der Waals surface area (Å²) in [5, 5.41) is 0.829. The maximum Gasteiger partial charge on any atom is 0.0406 e. The summed E-state index contributed by atoms with van der Waals surface area (Å²) in [6.45, 7) is 3.10. The van der Waals surface area contributed by atoms with Gasteiger partial charge in [-0.25, -0.2) is 0 Å². The fourth-order valence-corrected chi connectivity index (χ4v) is 3.44. The van der Waals surface area contributed by atoms with Crippen LogP contribution in [0.15, 0.2) is 24.3 Å². The van der Waals surface area contributed by atoms with Gasteiger partial charge >= 0.3 is 0 Å². The number of halogens is 1. The van der Waals surface area contributed by atoms with Crippen LogP contribution in [0.25, 0.3) is 0 Å². The molecule has 0 bridgehead atoms. The first-order chi connectivity index (χ1) is 8.72. The summed E-state index contributed by atoms with van der Waals surface area (Å²) in [4.78, 5) is 0. The van der Waals surface area contributed by atoms with Crippen LogP contribution in [0, 0.1) is 11.8 Å². The van der Waals surface area contributed by atoms with Gasteiger partial charge in [-0.05, 0) is 54.8 Å². The molecule has 2 N–H and O–H groups in total. The van der Waals surface area contributed by atoms with E-state index in [1.165, 1.54) is 37.7 Å². The van der Waals surface area contributed by atoms with Crippen molar-refractivity contribution in [3.05, 3.63) is 34.9 Å². The predicted molar refractivity (Wildman–Crippen MR) is 79.0 cm³/mol. The molecule has 0 amide bonds. The van der Waals surface area contributed by atoms with E-state index in [-0.39, 0.29) is 0 Å². The second-order valence-corrected chi connectivity index (χ2v) is 6.11. The van der Waals surface area contributed by atoms with E-state index in [0.29, 0.717) is 11.8 Å². The third kappa shape index (κ3) is 3.27. The van der Waals surface area contributed by atoms with E-state index >= 15 is 0 Å². The Labute approximate surface area is 116 Å². The van der Waals surface area contributed by atoms with Crippen molar-refractivity contribution in [1.29, 1.82) is 0 Å². The van der Waals surface area contributed by atoms with Crippen molar-refractivity contribution in [2.24, 2.45) is 17.6 Å². The Bertz CT molecular complexity index is 360. The van der Waals surface area contributed by atoms with Crippen LogP contribution in [0.3, 0.4) is 0 Å². The normalized spacial score (nSPS) is 26.6. The maximum atomic E-state index is 5.99. The maximum absolute atomic E-state index is 5.99.